The number of nitrogen functional groups attached to an aromatic ring is 1. The minimum Gasteiger partial charge on any atom is -0.465 e. The van der Waals surface area contributed by atoms with Crippen LogP contribution in [0.2, 0.25) is 0 Å². The van der Waals surface area contributed by atoms with Crippen LogP contribution >= 0.6 is 0 Å². The van der Waals surface area contributed by atoms with Gasteiger partial charge in [0, 0.05) is 17.4 Å². The first-order valence-corrected chi connectivity index (χ1v) is 7.36. The Morgan fingerprint density at radius 3 is 2.70 bits per heavy atom. The molecule has 0 aromatic heterocycles. The van der Waals surface area contributed by atoms with E-state index in [0.29, 0.717) is 23.2 Å². The molecular formula is C16H24N2O2. The first-order valence-electron chi connectivity index (χ1n) is 7.36. The van der Waals surface area contributed by atoms with Crippen molar-refractivity contribution in [3.8, 4) is 0 Å². The summed E-state index contributed by atoms with van der Waals surface area (Å²) in [7, 11) is 1.37. The summed E-state index contributed by atoms with van der Waals surface area (Å²) in [6.07, 6.45) is 6.58. The van der Waals surface area contributed by atoms with Crippen molar-refractivity contribution < 1.29 is 9.53 Å². The Balaban J connectivity index is 2.07. The maximum Gasteiger partial charge on any atom is 0.340 e. The van der Waals surface area contributed by atoms with Crippen LogP contribution in [0, 0.1) is 5.92 Å². The van der Waals surface area contributed by atoms with Crippen LogP contribution in [0.25, 0.3) is 0 Å². The smallest absolute Gasteiger partial charge is 0.340 e. The van der Waals surface area contributed by atoms with E-state index in [9.17, 15) is 4.79 Å². The monoisotopic (exact) mass is 276 g/mol. The molecule has 1 aromatic carbocycles. The third-order valence-electron chi connectivity index (χ3n) is 4.21. The number of benzene rings is 1. The van der Waals surface area contributed by atoms with Crippen LogP contribution in [-0.2, 0) is 4.74 Å². The van der Waals surface area contributed by atoms with E-state index in [2.05, 4.69) is 12.2 Å². The van der Waals surface area contributed by atoms with E-state index in [0.717, 1.165) is 5.69 Å². The van der Waals surface area contributed by atoms with Crippen LogP contribution in [0.4, 0.5) is 11.4 Å². The average Bonchev–Trinajstić information content (AvgIpc) is 2.49. The number of hydrogen-bond donors (Lipinski definition) is 2. The molecule has 4 nitrogen and oxygen atoms in total. The van der Waals surface area contributed by atoms with Crippen molar-refractivity contribution in [2.45, 2.75) is 45.1 Å². The van der Waals surface area contributed by atoms with E-state index in [1.54, 1.807) is 12.1 Å². The summed E-state index contributed by atoms with van der Waals surface area (Å²) in [5.74, 6) is 0.319. The van der Waals surface area contributed by atoms with Crippen molar-refractivity contribution >= 4 is 17.3 Å². The predicted octanol–water partition coefficient (Wildman–Crippen LogP) is 3.44. The van der Waals surface area contributed by atoms with E-state index in [-0.39, 0.29) is 0 Å². The van der Waals surface area contributed by atoms with Crippen molar-refractivity contribution in [3.63, 3.8) is 0 Å². The molecule has 1 aliphatic rings. The molecule has 0 bridgehead atoms. The highest BCUT2D eigenvalue weighted by atomic mass is 16.5. The number of hydrogen-bond acceptors (Lipinski definition) is 4. The molecule has 1 fully saturated rings. The van der Waals surface area contributed by atoms with Gasteiger partial charge in [-0.05, 0) is 43.9 Å². The number of carbonyl (C=O) groups excluding carboxylic acids is 1. The summed E-state index contributed by atoms with van der Waals surface area (Å²) >= 11 is 0. The zero-order valence-corrected chi connectivity index (χ0v) is 12.3. The van der Waals surface area contributed by atoms with Gasteiger partial charge in [-0.25, -0.2) is 4.79 Å². The lowest BCUT2D eigenvalue weighted by Gasteiger charge is -2.29. The lowest BCUT2D eigenvalue weighted by Crippen LogP contribution is -2.27. The summed E-state index contributed by atoms with van der Waals surface area (Å²) in [5.41, 5.74) is 7.62. The van der Waals surface area contributed by atoms with Crippen LogP contribution in [0.3, 0.4) is 0 Å². The minimum atomic E-state index is -0.392. The lowest BCUT2D eigenvalue weighted by atomic mass is 9.84. The third kappa shape index (κ3) is 3.44. The van der Waals surface area contributed by atoms with Gasteiger partial charge < -0.3 is 15.8 Å². The summed E-state index contributed by atoms with van der Waals surface area (Å²) in [6.45, 7) is 2.21. The molecule has 1 aromatic rings. The number of carbonyl (C=O) groups is 1. The normalized spacial score (nSPS) is 17.5. The van der Waals surface area contributed by atoms with Crippen LogP contribution < -0.4 is 11.1 Å². The van der Waals surface area contributed by atoms with Crippen LogP contribution in [0.15, 0.2) is 18.2 Å². The fourth-order valence-electron chi connectivity index (χ4n) is 2.95. The largest absolute Gasteiger partial charge is 0.465 e. The van der Waals surface area contributed by atoms with E-state index in [1.165, 1.54) is 39.2 Å². The average molecular weight is 276 g/mol. The molecule has 110 valence electrons. The van der Waals surface area contributed by atoms with Gasteiger partial charge in [-0.15, -0.1) is 0 Å². The number of rotatable bonds is 4. The summed E-state index contributed by atoms with van der Waals surface area (Å²) < 4.78 is 4.75. The zero-order valence-electron chi connectivity index (χ0n) is 12.3. The number of anilines is 2. The molecule has 3 N–H and O–H groups in total. The maximum absolute atomic E-state index is 11.6. The van der Waals surface area contributed by atoms with E-state index >= 15 is 0 Å². The lowest BCUT2D eigenvalue weighted by molar-refractivity contribution is 0.0602. The molecule has 0 radical (unpaired) electrons. The van der Waals surface area contributed by atoms with E-state index < -0.39 is 5.97 Å². The predicted molar refractivity (Wildman–Crippen MR) is 81.9 cm³/mol. The number of ether oxygens (including phenoxy) is 1. The second-order valence-electron chi connectivity index (χ2n) is 5.62. The fourth-order valence-corrected chi connectivity index (χ4v) is 2.95. The van der Waals surface area contributed by atoms with Crippen LogP contribution in [0.1, 0.15) is 49.4 Å². The maximum atomic E-state index is 11.6. The van der Waals surface area contributed by atoms with Crippen molar-refractivity contribution in [1.29, 1.82) is 0 Å². The van der Waals surface area contributed by atoms with E-state index in [4.69, 9.17) is 10.5 Å². The molecule has 0 spiro atoms. The van der Waals surface area contributed by atoms with Crippen LogP contribution in [0.5, 0.6) is 0 Å². The minimum absolute atomic E-state index is 0.392. The fraction of sp³-hybridized carbons (Fsp3) is 0.562. The summed E-state index contributed by atoms with van der Waals surface area (Å²) in [4.78, 5) is 11.6. The summed E-state index contributed by atoms with van der Waals surface area (Å²) in [6, 6.07) is 5.86. The Bertz CT molecular complexity index is 468. The van der Waals surface area contributed by atoms with Crippen molar-refractivity contribution in [1.82, 2.24) is 0 Å². The van der Waals surface area contributed by atoms with Crippen molar-refractivity contribution in [3.05, 3.63) is 23.8 Å². The first kappa shape index (κ1) is 14.7. The summed E-state index contributed by atoms with van der Waals surface area (Å²) in [5, 5.41) is 3.49. The highest BCUT2D eigenvalue weighted by Gasteiger charge is 2.20. The van der Waals surface area contributed by atoms with Gasteiger partial charge in [0.25, 0.3) is 0 Å². The van der Waals surface area contributed by atoms with Gasteiger partial charge in [-0.2, -0.15) is 0 Å². The molecule has 1 saturated carbocycles. The van der Waals surface area contributed by atoms with Gasteiger partial charge in [0.05, 0.1) is 12.7 Å². The molecule has 0 aliphatic heterocycles. The number of nitrogens with one attached hydrogen (secondary N) is 1. The second-order valence-corrected chi connectivity index (χ2v) is 5.62. The third-order valence-corrected chi connectivity index (χ3v) is 4.21. The Labute approximate surface area is 120 Å². The molecule has 4 heteroatoms. The number of nitrogens with two attached hydrogens (primary N) is 1. The standard InChI is InChI=1S/C16H24N2O2/c1-11(12-6-4-3-5-7-12)18-13-8-9-15(17)14(10-13)16(19)20-2/h8-12,18H,3-7,17H2,1-2H3. The molecule has 0 amide bonds. The molecule has 0 heterocycles. The van der Waals surface area contributed by atoms with E-state index in [1.807, 2.05) is 6.07 Å². The molecule has 1 unspecified atom stereocenters. The highest BCUT2D eigenvalue weighted by Crippen LogP contribution is 2.28. The first-order chi connectivity index (χ1) is 9.61. The van der Waals surface area contributed by atoms with Gasteiger partial charge in [0.1, 0.15) is 0 Å². The SMILES string of the molecule is COC(=O)c1cc(NC(C)C2CCCCC2)ccc1N. The number of methoxy groups -OCH3 is 1. The highest BCUT2D eigenvalue weighted by molar-refractivity contribution is 5.96. The van der Waals surface area contributed by atoms with Gasteiger partial charge in [0.2, 0.25) is 0 Å². The Morgan fingerprint density at radius 2 is 2.05 bits per heavy atom. The Morgan fingerprint density at radius 1 is 1.35 bits per heavy atom. The molecular weight excluding hydrogens is 252 g/mol. The van der Waals surface area contributed by atoms with Crippen molar-refractivity contribution in [2.24, 2.45) is 5.92 Å². The zero-order chi connectivity index (χ0) is 14.5. The van der Waals surface area contributed by atoms with Gasteiger partial charge in [-0.3, -0.25) is 0 Å². The second kappa shape index (κ2) is 6.64. The molecule has 20 heavy (non-hydrogen) atoms. The van der Waals surface area contributed by atoms with Gasteiger partial charge >= 0.3 is 5.97 Å². The van der Waals surface area contributed by atoms with Gasteiger partial charge in [-0.1, -0.05) is 19.3 Å². The van der Waals surface area contributed by atoms with Crippen molar-refractivity contribution in [2.75, 3.05) is 18.2 Å². The Hall–Kier alpha value is -1.71. The topological polar surface area (TPSA) is 64.3 Å². The Kier molecular flexibility index (Phi) is 4.88. The molecule has 1 atom stereocenters. The molecule has 2 rings (SSSR count). The van der Waals surface area contributed by atoms with Crippen LogP contribution in [-0.4, -0.2) is 19.1 Å². The molecule has 1 aliphatic carbocycles. The quantitative estimate of drug-likeness (QED) is 0.653. The van der Waals surface area contributed by atoms with Gasteiger partial charge in [0.15, 0.2) is 0 Å². The number of esters is 1. The molecule has 0 saturated heterocycles.